The lowest BCUT2D eigenvalue weighted by atomic mass is 10.0. The molecule has 1 aromatic rings. The zero-order valence-electron chi connectivity index (χ0n) is 19.1. The van der Waals surface area contributed by atoms with E-state index < -0.39 is 0 Å². The number of aliphatic imine (C=N–C) groups is 1. The molecule has 0 aromatic heterocycles. The van der Waals surface area contributed by atoms with Crippen LogP contribution in [0.2, 0.25) is 0 Å². The Labute approximate surface area is 181 Å². The second-order valence-electron chi connectivity index (χ2n) is 8.80. The van der Waals surface area contributed by atoms with Gasteiger partial charge in [0.05, 0.1) is 32.5 Å². The number of hydrogen-bond donors (Lipinski definition) is 2. The Balaban J connectivity index is 1.60. The van der Waals surface area contributed by atoms with Gasteiger partial charge in [-0.1, -0.05) is 29.8 Å². The highest BCUT2D eigenvalue weighted by Crippen LogP contribution is 2.22. The molecular weight excluding hydrogens is 378 g/mol. The van der Waals surface area contributed by atoms with Crippen LogP contribution in [0.4, 0.5) is 0 Å². The summed E-state index contributed by atoms with van der Waals surface area (Å²) in [6.45, 7) is 15.4. The third kappa shape index (κ3) is 6.41. The summed E-state index contributed by atoms with van der Waals surface area (Å²) in [6.07, 6.45) is 0. The van der Waals surface area contributed by atoms with Crippen LogP contribution >= 0.6 is 0 Å². The van der Waals surface area contributed by atoms with Crippen molar-refractivity contribution in [2.45, 2.75) is 32.4 Å². The minimum Gasteiger partial charge on any atom is -0.379 e. The van der Waals surface area contributed by atoms with Crippen molar-refractivity contribution in [3.05, 3.63) is 35.4 Å². The molecule has 30 heavy (non-hydrogen) atoms. The third-order valence-electron chi connectivity index (χ3n) is 6.16. The van der Waals surface area contributed by atoms with Gasteiger partial charge < -0.3 is 20.1 Å². The van der Waals surface area contributed by atoms with Crippen molar-refractivity contribution >= 4 is 5.96 Å². The van der Waals surface area contributed by atoms with E-state index in [2.05, 4.69) is 70.5 Å². The molecule has 1 aromatic carbocycles. The van der Waals surface area contributed by atoms with Gasteiger partial charge in [-0.3, -0.25) is 14.8 Å². The number of ether oxygens (including phenoxy) is 2. The van der Waals surface area contributed by atoms with Crippen LogP contribution in [-0.2, 0) is 9.47 Å². The molecule has 0 saturated carbocycles. The Morgan fingerprint density at radius 2 is 1.73 bits per heavy atom. The number of nitrogens with one attached hydrogen (secondary N) is 2. The van der Waals surface area contributed by atoms with Gasteiger partial charge in [-0.05, 0) is 26.3 Å². The molecule has 2 aliphatic heterocycles. The van der Waals surface area contributed by atoms with Crippen LogP contribution in [0, 0.1) is 6.92 Å². The minimum atomic E-state index is 0.0432. The van der Waals surface area contributed by atoms with Crippen LogP contribution in [0.5, 0.6) is 0 Å². The van der Waals surface area contributed by atoms with Crippen LogP contribution < -0.4 is 10.6 Å². The molecule has 2 fully saturated rings. The summed E-state index contributed by atoms with van der Waals surface area (Å²) in [7, 11) is 1.84. The normalized spacial score (nSPS) is 20.7. The van der Waals surface area contributed by atoms with E-state index in [0.29, 0.717) is 6.04 Å². The zero-order valence-corrected chi connectivity index (χ0v) is 19.1. The first-order chi connectivity index (χ1) is 14.5. The van der Waals surface area contributed by atoms with Crippen LogP contribution in [0.15, 0.2) is 29.3 Å². The standard InChI is InChI=1S/C23H39N5O2/c1-19-6-5-7-20(16-19)21(27-8-12-29-13-9-27)17-25-22(24-4)26-18-23(2,3)28-10-14-30-15-11-28/h5-7,16,21H,8-15,17-18H2,1-4H3,(H2,24,25,26). The number of benzene rings is 1. The lowest BCUT2D eigenvalue weighted by Crippen LogP contribution is -2.57. The van der Waals surface area contributed by atoms with E-state index >= 15 is 0 Å². The SMILES string of the molecule is CN=C(NCC(c1cccc(C)c1)N1CCOCC1)NCC(C)(C)N1CCOCC1. The van der Waals surface area contributed by atoms with E-state index in [0.717, 1.165) is 71.7 Å². The van der Waals surface area contributed by atoms with E-state index in [9.17, 15) is 0 Å². The number of nitrogens with zero attached hydrogens (tertiary/aromatic N) is 3. The fourth-order valence-electron chi connectivity index (χ4n) is 4.22. The molecule has 2 aliphatic rings. The van der Waals surface area contributed by atoms with Gasteiger partial charge in [0.2, 0.25) is 0 Å². The lowest BCUT2D eigenvalue weighted by Gasteiger charge is -2.41. The Morgan fingerprint density at radius 1 is 1.07 bits per heavy atom. The summed E-state index contributed by atoms with van der Waals surface area (Å²) >= 11 is 0. The van der Waals surface area contributed by atoms with Crippen molar-refractivity contribution in [1.82, 2.24) is 20.4 Å². The van der Waals surface area contributed by atoms with Crippen LogP contribution in [0.1, 0.15) is 31.0 Å². The van der Waals surface area contributed by atoms with E-state index in [4.69, 9.17) is 9.47 Å². The zero-order chi connectivity index (χ0) is 21.4. The summed E-state index contributed by atoms with van der Waals surface area (Å²) in [4.78, 5) is 9.47. The fraction of sp³-hybridized carbons (Fsp3) is 0.696. The molecule has 1 atom stereocenters. The number of guanidine groups is 1. The fourth-order valence-corrected chi connectivity index (χ4v) is 4.22. The first kappa shape index (κ1) is 23.0. The maximum absolute atomic E-state index is 5.58. The van der Waals surface area contributed by atoms with Crippen molar-refractivity contribution in [2.24, 2.45) is 4.99 Å². The molecule has 2 saturated heterocycles. The Hall–Kier alpha value is -1.67. The van der Waals surface area contributed by atoms with Gasteiger partial charge >= 0.3 is 0 Å². The molecule has 0 radical (unpaired) electrons. The quantitative estimate of drug-likeness (QED) is 0.520. The molecule has 0 aliphatic carbocycles. The van der Waals surface area contributed by atoms with E-state index in [-0.39, 0.29) is 5.54 Å². The summed E-state index contributed by atoms with van der Waals surface area (Å²) in [5.74, 6) is 0.849. The molecule has 3 rings (SSSR count). The van der Waals surface area contributed by atoms with Gasteiger partial charge in [-0.25, -0.2) is 0 Å². The molecule has 1 unspecified atom stereocenters. The number of hydrogen-bond acceptors (Lipinski definition) is 5. The van der Waals surface area contributed by atoms with Crippen molar-refractivity contribution in [1.29, 1.82) is 0 Å². The van der Waals surface area contributed by atoms with Crippen molar-refractivity contribution in [2.75, 3.05) is 72.7 Å². The Bertz CT molecular complexity index is 682. The van der Waals surface area contributed by atoms with Crippen molar-refractivity contribution in [3.8, 4) is 0 Å². The Morgan fingerprint density at radius 3 is 2.37 bits per heavy atom. The average Bonchev–Trinajstić information content (AvgIpc) is 2.77. The highest BCUT2D eigenvalue weighted by Gasteiger charge is 2.28. The van der Waals surface area contributed by atoms with E-state index in [1.807, 2.05) is 7.05 Å². The van der Waals surface area contributed by atoms with Gasteiger partial charge in [0.1, 0.15) is 0 Å². The Kier molecular flexibility index (Phi) is 8.50. The molecule has 0 bridgehead atoms. The summed E-state index contributed by atoms with van der Waals surface area (Å²) < 4.78 is 11.1. The highest BCUT2D eigenvalue weighted by molar-refractivity contribution is 5.79. The predicted octanol–water partition coefficient (Wildman–Crippen LogP) is 1.64. The predicted molar refractivity (Wildman–Crippen MR) is 122 cm³/mol. The van der Waals surface area contributed by atoms with E-state index in [1.54, 1.807) is 0 Å². The topological polar surface area (TPSA) is 61.4 Å². The monoisotopic (exact) mass is 417 g/mol. The maximum atomic E-state index is 5.58. The molecule has 2 N–H and O–H groups in total. The summed E-state index contributed by atoms with van der Waals surface area (Å²) in [5, 5.41) is 7.11. The number of aryl methyl sites for hydroxylation is 1. The number of morpholine rings is 2. The van der Waals surface area contributed by atoms with Crippen LogP contribution in [0.3, 0.4) is 0 Å². The average molecular weight is 418 g/mol. The molecule has 2 heterocycles. The highest BCUT2D eigenvalue weighted by atomic mass is 16.5. The maximum Gasteiger partial charge on any atom is 0.191 e. The molecule has 0 amide bonds. The van der Waals surface area contributed by atoms with Crippen LogP contribution in [0.25, 0.3) is 0 Å². The van der Waals surface area contributed by atoms with Gasteiger partial charge in [0.15, 0.2) is 5.96 Å². The molecule has 0 spiro atoms. The van der Waals surface area contributed by atoms with Gasteiger partial charge in [-0.15, -0.1) is 0 Å². The first-order valence-corrected chi connectivity index (χ1v) is 11.2. The van der Waals surface area contributed by atoms with Gasteiger partial charge in [0, 0.05) is 51.9 Å². The minimum absolute atomic E-state index is 0.0432. The second-order valence-corrected chi connectivity index (χ2v) is 8.80. The number of rotatable bonds is 7. The van der Waals surface area contributed by atoms with Crippen molar-refractivity contribution < 1.29 is 9.47 Å². The second kappa shape index (κ2) is 11.1. The summed E-state index contributed by atoms with van der Waals surface area (Å²) in [5.41, 5.74) is 2.68. The largest absolute Gasteiger partial charge is 0.379 e. The first-order valence-electron chi connectivity index (χ1n) is 11.2. The van der Waals surface area contributed by atoms with Gasteiger partial charge in [-0.2, -0.15) is 0 Å². The molecule has 7 nitrogen and oxygen atoms in total. The smallest absolute Gasteiger partial charge is 0.191 e. The van der Waals surface area contributed by atoms with Crippen LogP contribution in [-0.4, -0.2) is 94.0 Å². The third-order valence-corrected chi connectivity index (χ3v) is 6.16. The lowest BCUT2D eigenvalue weighted by molar-refractivity contribution is -0.00836. The molecular formula is C23H39N5O2. The molecule has 7 heteroatoms. The van der Waals surface area contributed by atoms with Crippen molar-refractivity contribution in [3.63, 3.8) is 0 Å². The summed E-state index contributed by atoms with van der Waals surface area (Å²) in [6, 6.07) is 9.11. The molecule has 168 valence electrons. The van der Waals surface area contributed by atoms with Gasteiger partial charge in [0.25, 0.3) is 0 Å². The van der Waals surface area contributed by atoms with E-state index in [1.165, 1.54) is 11.1 Å².